The molecule has 0 bridgehead atoms. The first-order valence-electron chi connectivity index (χ1n) is 8.71. The quantitative estimate of drug-likeness (QED) is 0.575. The van der Waals surface area contributed by atoms with Crippen molar-refractivity contribution in [3.05, 3.63) is 65.7 Å². The molecule has 0 aliphatic rings. The summed E-state index contributed by atoms with van der Waals surface area (Å²) in [6.07, 6.45) is 6.08. The standard InChI is InChI=1S/C21H29N/c1-3-5-16-22(17-6-4-2)21-14-12-20(13-15-21)18-19-10-8-7-9-11-19/h7-15H,3-6,16-18H2,1-2H3. The number of hydrogen-bond acceptors (Lipinski definition) is 1. The van der Waals surface area contributed by atoms with Crippen LogP contribution in [-0.4, -0.2) is 13.1 Å². The summed E-state index contributed by atoms with van der Waals surface area (Å²) in [4.78, 5) is 2.54. The zero-order valence-electron chi connectivity index (χ0n) is 14.1. The number of rotatable bonds is 9. The van der Waals surface area contributed by atoms with Gasteiger partial charge in [-0.25, -0.2) is 0 Å². The Bertz CT molecular complexity index is 507. The maximum atomic E-state index is 2.54. The fourth-order valence-electron chi connectivity index (χ4n) is 2.72. The zero-order chi connectivity index (χ0) is 15.6. The Balaban J connectivity index is 2.01. The second-order valence-electron chi connectivity index (χ2n) is 6.02. The maximum absolute atomic E-state index is 2.54. The highest BCUT2D eigenvalue weighted by atomic mass is 15.1. The van der Waals surface area contributed by atoms with Gasteiger partial charge >= 0.3 is 0 Å². The third-order valence-corrected chi connectivity index (χ3v) is 4.12. The first kappa shape index (κ1) is 16.6. The van der Waals surface area contributed by atoms with E-state index in [0.717, 1.165) is 6.42 Å². The van der Waals surface area contributed by atoms with E-state index < -0.39 is 0 Å². The third kappa shape index (κ3) is 5.22. The molecule has 0 radical (unpaired) electrons. The normalized spacial score (nSPS) is 10.6. The molecule has 22 heavy (non-hydrogen) atoms. The summed E-state index contributed by atoms with van der Waals surface area (Å²) in [7, 11) is 0. The minimum atomic E-state index is 1.02. The van der Waals surface area contributed by atoms with Crippen LogP contribution in [0.15, 0.2) is 54.6 Å². The Morgan fingerprint density at radius 1 is 0.682 bits per heavy atom. The van der Waals surface area contributed by atoms with Crippen molar-refractivity contribution in [2.75, 3.05) is 18.0 Å². The van der Waals surface area contributed by atoms with Crippen LogP contribution in [0.1, 0.15) is 50.7 Å². The molecule has 0 saturated heterocycles. The summed E-state index contributed by atoms with van der Waals surface area (Å²) < 4.78 is 0. The SMILES string of the molecule is CCCCN(CCCC)c1ccc(Cc2ccccc2)cc1. The summed E-state index contributed by atoms with van der Waals surface area (Å²) in [5.41, 5.74) is 4.14. The van der Waals surface area contributed by atoms with Gasteiger partial charge in [0.2, 0.25) is 0 Å². The summed E-state index contributed by atoms with van der Waals surface area (Å²) in [5, 5.41) is 0. The lowest BCUT2D eigenvalue weighted by atomic mass is 10.0. The van der Waals surface area contributed by atoms with Gasteiger partial charge in [-0.15, -0.1) is 0 Å². The van der Waals surface area contributed by atoms with Crippen molar-refractivity contribution in [3.63, 3.8) is 0 Å². The molecule has 0 saturated carbocycles. The lowest BCUT2D eigenvalue weighted by molar-refractivity contribution is 0.678. The third-order valence-electron chi connectivity index (χ3n) is 4.12. The monoisotopic (exact) mass is 295 g/mol. The van der Waals surface area contributed by atoms with E-state index in [1.807, 2.05) is 0 Å². The molecule has 0 N–H and O–H groups in total. The van der Waals surface area contributed by atoms with Crippen LogP contribution in [0.25, 0.3) is 0 Å². The van der Waals surface area contributed by atoms with Crippen LogP contribution in [0.4, 0.5) is 5.69 Å². The Morgan fingerprint density at radius 3 is 1.77 bits per heavy atom. The van der Waals surface area contributed by atoms with E-state index in [1.165, 1.54) is 55.6 Å². The molecule has 0 aliphatic heterocycles. The van der Waals surface area contributed by atoms with E-state index in [4.69, 9.17) is 0 Å². The Morgan fingerprint density at radius 2 is 1.23 bits per heavy atom. The van der Waals surface area contributed by atoms with E-state index in [1.54, 1.807) is 0 Å². The van der Waals surface area contributed by atoms with E-state index in [9.17, 15) is 0 Å². The molecule has 2 rings (SSSR count). The fraction of sp³-hybridized carbons (Fsp3) is 0.429. The van der Waals surface area contributed by atoms with Gasteiger partial charge in [-0.3, -0.25) is 0 Å². The average Bonchev–Trinajstić information content (AvgIpc) is 2.57. The molecule has 1 heteroatoms. The lowest BCUT2D eigenvalue weighted by Crippen LogP contribution is -2.25. The molecule has 0 unspecified atom stereocenters. The van der Waals surface area contributed by atoms with Crippen LogP contribution < -0.4 is 4.90 Å². The second-order valence-corrected chi connectivity index (χ2v) is 6.02. The number of benzene rings is 2. The fourth-order valence-corrected chi connectivity index (χ4v) is 2.72. The summed E-state index contributed by atoms with van der Waals surface area (Å²) >= 11 is 0. The number of anilines is 1. The van der Waals surface area contributed by atoms with Crippen molar-refractivity contribution in [2.45, 2.75) is 46.0 Å². The predicted molar refractivity (Wildman–Crippen MR) is 97.7 cm³/mol. The zero-order valence-corrected chi connectivity index (χ0v) is 14.1. The van der Waals surface area contributed by atoms with E-state index in [-0.39, 0.29) is 0 Å². The largest absolute Gasteiger partial charge is 0.372 e. The number of hydrogen-bond donors (Lipinski definition) is 0. The molecule has 0 aromatic heterocycles. The van der Waals surface area contributed by atoms with Crippen molar-refractivity contribution >= 4 is 5.69 Å². The molecule has 0 aliphatic carbocycles. The first-order chi connectivity index (χ1) is 10.8. The van der Waals surface area contributed by atoms with Gasteiger partial charge < -0.3 is 4.90 Å². The highest BCUT2D eigenvalue weighted by Gasteiger charge is 2.05. The average molecular weight is 295 g/mol. The van der Waals surface area contributed by atoms with Gasteiger partial charge in [0.25, 0.3) is 0 Å². The highest BCUT2D eigenvalue weighted by Crippen LogP contribution is 2.18. The van der Waals surface area contributed by atoms with E-state index in [0.29, 0.717) is 0 Å². The molecule has 2 aromatic rings. The molecule has 118 valence electrons. The van der Waals surface area contributed by atoms with Gasteiger partial charge in [-0.2, -0.15) is 0 Å². The van der Waals surface area contributed by atoms with Gasteiger partial charge in [0.05, 0.1) is 0 Å². The van der Waals surface area contributed by atoms with Crippen LogP contribution >= 0.6 is 0 Å². The van der Waals surface area contributed by atoms with Crippen LogP contribution in [0.2, 0.25) is 0 Å². The van der Waals surface area contributed by atoms with Crippen molar-refractivity contribution in [3.8, 4) is 0 Å². The van der Waals surface area contributed by atoms with Gasteiger partial charge in [-0.05, 0) is 42.5 Å². The number of nitrogens with zero attached hydrogens (tertiary/aromatic N) is 1. The highest BCUT2D eigenvalue weighted by molar-refractivity contribution is 5.48. The molecular weight excluding hydrogens is 266 g/mol. The molecule has 0 fully saturated rings. The van der Waals surface area contributed by atoms with Crippen LogP contribution in [0.3, 0.4) is 0 Å². The first-order valence-corrected chi connectivity index (χ1v) is 8.71. The molecule has 0 heterocycles. The van der Waals surface area contributed by atoms with Gasteiger partial charge in [-0.1, -0.05) is 69.2 Å². The predicted octanol–water partition coefficient (Wildman–Crippen LogP) is 5.68. The molecule has 0 spiro atoms. The van der Waals surface area contributed by atoms with Crippen molar-refractivity contribution in [1.82, 2.24) is 0 Å². The van der Waals surface area contributed by atoms with Crippen LogP contribution in [0, 0.1) is 0 Å². The van der Waals surface area contributed by atoms with E-state index >= 15 is 0 Å². The molecular formula is C21H29N. The maximum Gasteiger partial charge on any atom is 0.0366 e. The Labute approximate surface area is 136 Å². The van der Waals surface area contributed by atoms with Crippen LogP contribution in [0.5, 0.6) is 0 Å². The van der Waals surface area contributed by atoms with Crippen molar-refractivity contribution in [2.24, 2.45) is 0 Å². The molecule has 2 aromatic carbocycles. The summed E-state index contributed by atoms with van der Waals surface area (Å²) in [5.74, 6) is 0. The van der Waals surface area contributed by atoms with Gasteiger partial charge in [0, 0.05) is 18.8 Å². The van der Waals surface area contributed by atoms with Crippen molar-refractivity contribution < 1.29 is 0 Å². The Hall–Kier alpha value is -1.76. The summed E-state index contributed by atoms with van der Waals surface area (Å²) in [6, 6.07) is 19.9. The minimum Gasteiger partial charge on any atom is -0.372 e. The lowest BCUT2D eigenvalue weighted by Gasteiger charge is -2.25. The number of unbranched alkanes of at least 4 members (excludes halogenated alkanes) is 2. The Kier molecular flexibility index (Phi) is 7.02. The van der Waals surface area contributed by atoms with Crippen molar-refractivity contribution in [1.29, 1.82) is 0 Å². The van der Waals surface area contributed by atoms with Crippen LogP contribution in [-0.2, 0) is 6.42 Å². The molecule has 1 nitrogen and oxygen atoms in total. The van der Waals surface area contributed by atoms with E-state index in [2.05, 4.69) is 73.3 Å². The topological polar surface area (TPSA) is 3.24 Å². The van der Waals surface area contributed by atoms with Gasteiger partial charge in [0.15, 0.2) is 0 Å². The van der Waals surface area contributed by atoms with Gasteiger partial charge in [0.1, 0.15) is 0 Å². The smallest absolute Gasteiger partial charge is 0.0366 e. The second kappa shape index (κ2) is 9.30. The minimum absolute atomic E-state index is 1.02. The molecule has 0 amide bonds. The summed E-state index contributed by atoms with van der Waals surface area (Å²) in [6.45, 7) is 6.88. The molecule has 0 atom stereocenters.